The molecular formula is C11H23NO. The summed E-state index contributed by atoms with van der Waals surface area (Å²) < 4.78 is 5.72. The summed E-state index contributed by atoms with van der Waals surface area (Å²) >= 11 is 0. The second-order valence-corrected chi connectivity index (χ2v) is 4.54. The lowest BCUT2D eigenvalue weighted by Gasteiger charge is -2.34. The lowest BCUT2D eigenvalue weighted by atomic mass is 10.0. The second kappa shape index (κ2) is 4.43. The van der Waals surface area contributed by atoms with Gasteiger partial charge in [-0.2, -0.15) is 0 Å². The first-order chi connectivity index (χ1) is 6.08. The quantitative estimate of drug-likeness (QED) is 0.666. The molecule has 0 radical (unpaired) electrons. The lowest BCUT2D eigenvalue weighted by Crippen LogP contribution is -2.45. The smallest absolute Gasteiger partial charge is 0.0651 e. The third-order valence-corrected chi connectivity index (χ3v) is 3.02. The third-order valence-electron chi connectivity index (χ3n) is 3.02. The molecule has 1 rings (SSSR count). The van der Waals surface area contributed by atoms with Gasteiger partial charge in [-0.05, 0) is 46.7 Å². The molecule has 0 amide bonds. The van der Waals surface area contributed by atoms with Crippen LogP contribution < -0.4 is 0 Å². The number of likely N-dealkylation sites (tertiary alicyclic amines) is 1. The van der Waals surface area contributed by atoms with Gasteiger partial charge in [0.1, 0.15) is 0 Å². The van der Waals surface area contributed by atoms with Crippen LogP contribution in [-0.4, -0.2) is 36.2 Å². The number of ether oxygens (including phenoxy) is 1. The van der Waals surface area contributed by atoms with Crippen molar-refractivity contribution in [3.63, 3.8) is 0 Å². The molecule has 0 aromatic carbocycles. The van der Waals surface area contributed by atoms with Gasteiger partial charge in [0.05, 0.1) is 12.7 Å². The molecule has 2 nitrogen and oxygen atoms in total. The average molecular weight is 185 g/mol. The summed E-state index contributed by atoms with van der Waals surface area (Å²) in [6.07, 6.45) is 2.97. The van der Waals surface area contributed by atoms with E-state index >= 15 is 0 Å². The van der Waals surface area contributed by atoms with Crippen molar-refractivity contribution in [3.8, 4) is 0 Å². The van der Waals surface area contributed by atoms with Gasteiger partial charge in [0, 0.05) is 5.54 Å². The predicted molar refractivity (Wildman–Crippen MR) is 56.0 cm³/mol. The first kappa shape index (κ1) is 11.0. The van der Waals surface area contributed by atoms with Gasteiger partial charge in [-0.1, -0.05) is 6.92 Å². The van der Waals surface area contributed by atoms with Crippen molar-refractivity contribution < 1.29 is 4.74 Å². The van der Waals surface area contributed by atoms with Crippen molar-refractivity contribution in [1.82, 2.24) is 4.90 Å². The Hall–Kier alpha value is -0.0800. The summed E-state index contributed by atoms with van der Waals surface area (Å²) in [7, 11) is 0. The highest BCUT2D eigenvalue weighted by Gasteiger charge is 2.35. The predicted octanol–water partition coefficient (Wildman–Crippen LogP) is 2.29. The number of nitrogens with zero attached hydrogens (tertiary/aromatic N) is 1. The molecule has 0 aliphatic carbocycles. The van der Waals surface area contributed by atoms with Crippen LogP contribution in [0, 0.1) is 0 Å². The highest BCUT2D eigenvalue weighted by Crippen LogP contribution is 2.28. The molecule has 1 aliphatic rings. The Balaban J connectivity index is 2.43. The van der Waals surface area contributed by atoms with Crippen molar-refractivity contribution >= 4 is 0 Å². The summed E-state index contributed by atoms with van der Waals surface area (Å²) in [4.78, 5) is 2.54. The van der Waals surface area contributed by atoms with Gasteiger partial charge in [-0.3, -0.25) is 4.90 Å². The lowest BCUT2D eigenvalue weighted by molar-refractivity contribution is -0.00307. The molecule has 1 heterocycles. The zero-order valence-electron chi connectivity index (χ0n) is 9.47. The van der Waals surface area contributed by atoms with Crippen molar-refractivity contribution in [1.29, 1.82) is 0 Å². The highest BCUT2D eigenvalue weighted by atomic mass is 16.5. The van der Waals surface area contributed by atoms with Crippen molar-refractivity contribution in [2.75, 3.05) is 19.7 Å². The maximum atomic E-state index is 5.72. The summed E-state index contributed by atoms with van der Waals surface area (Å²) in [6.45, 7) is 12.1. The maximum Gasteiger partial charge on any atom is 0.0651 e. The molecule has 1 fully saturated rings. The molecule has 1 aliphatic heterocycles. The molecule has 0 saturated carbocycles. The minimum Gasteiger partial charge on any atom is -0.377 e. The molecular weight excluding hydrogens is 162 g/mol. The largest absolute Gasteiger partial charge is 0.377 e. The summed E-state index contributed by atoms with van der Waals surface area (Å²) in [5.41, 5.74) is 0.305. The van der Waals surface area contributed by atoms with E-state index in [1.54, 1.807) is 0 Å². The van der Waals surface area contributed by atoms with Crippen LogP contribution in [0.25, 0.3) is 0 Å². The van der Waals surface area contributed by atoms with E-state index in [0.29, 0.717) is 11.6 Å². The molecule has 0 unspecified atom stereocenters. The monoisotopic (exact) mass is 185 g/mol. The maximum absolute atomic E-state index is 5.72. The van der Waals surface area contributed by atoms with Gasteiger partial charge in [0.15, 0.2) is 0 Å². The van der Waals surface area contributed by atoms with Gasteiger partial charge in [-0.15, -0.1) is 0 Å². The van der Waals surface area contributed by atoms with Gasteiger partial charge in [-0.25, -0.2) is 0 Å². The fourth-order valence-corrected chi connectivity index (χ4v) is 2.13. The Kier molecular flexibility index (Phi) is 3.74. The van der Waals surface area contributed by atoms with Crippen LogP contribution >= 0.6 is 0 Å². The van der Waals surface area contributed by atoms with E-state index in [0.717, 1.165) is 13.2 Å². The van der Waals surface area contributed by atoms with Crippen LogP contribution in [0.5, 0.6) is 0 Å². The summed E-state index contributed by atoms with van der Waals surface area (Å²) in [5, 5.41) is 0. The summed E-state index contributed by atoms with van der Waals surface area (Å²) in [5.74, 6) is 0. The van der Waals surface area contributed by atoms with Gasteiger partial charge in [0.25, 0.3) is 0 Å². The van der Waals surface area contributed by atoms with E-state index in [1.807, 2.05) is 0 Å². The first-order valence-electron chi connectivity index (χ1n) is 5.45. The van der Waals surface area contributed by atoms with Crippen molar-refractivity contribution in [2.24, 2.45) is 0 Å². The van der Waals surface area contributed by atoms with Crippen molar-refractivity contribution in [3.05, 3.63) is 0 Å². The Morgan fingerprint density at radius 2 is 2.15 bits per heavy atom. The van der Waals surface area contributed by atoms with E-state index in [-0.39, 0.29) is 0 Å². The standard InChI is InChI=1S/C11H23NO/c1-5-12-8-6-7-11(12,4)9-13-10(2)3/h10H,5-9H2,1-4H3/t11-/m1/s1. The fraction of sp³-hybridized carbons (Fsp3) is 1.00. The number of hydrogen-bond acceptors (Lipinski definition) is 2. The van der Waals surface area contributed by atoms with Gasteiger partial charge >= 0.3 is 0 Å². The molecule has 0 aromatic rings. The van der Waals surface area contributed by atoms with E-state index in [1.165, 1.54) is 19.4 Å². The van der Waals surface area contributed by atoms with Crippen LogP contribution in [0.3, 0.4) is 0 Å². The van der Waals surface area contributed by atoms with Crippen LogP contribution in [0.1, 0.15) is 40.5 Å². The third kappa shape index (κ3) is 2.68. The van der Waals surface area contributed by atoms with E-state index < -0.39 is 0 Å². The minimum absolute atomic E-state index is 0.305. The van der Waals surface area contributed by atoms with E-state index in [4.69, 9.17) is 4.74 Å². The number of likely N-dealkylation sites (N-methyl/N-ethyl adjacent to an activating group) is 1. The van der Waals surface area contributed by atoms with Crippen LogP contribution in [0.15, 0.2) is 0 Å². The Morgan fingerprint density at radius 1 is 1.46 bits per heavy atom. The minimum atomic E-state index is 0.305. The molecule has 0 aromatic heterocycles. The molecule has 13 heavy (non-hydrogen) atoms. The SMILES string of the molecule is CCN1CCC[C@]1(C)COC(C)C. The molecule has 2 heteroatoms. The van der Waals surface area contributed by atoms with Crippen LogP contribution in [-0.2, 0) is 4.74 Å². The normalized spacial score (nSPS) is 30.2. The number of hydrogen-bond donors (Lipinski definition) is 0. The zero-order chi connectivity index (χ0) is 9.90. The van der Waals surface area contributed by atoms with Crippen LogP contribution in [0.2, 0.25) is 0 Å². The van der Waals surface area contributed by atoms with E-state index in [2.05, 4.69) is 32.6 Å². The molecule has 1 atom stereocenters. The fourth-order valence-electron chi connectivity index (χ4n) is 2.13. The first-order valence-corrected chi connectivity index (χ1v) is 5.45. The van der Waals surface area contributed by atoms with Gasteiger partial charge in [0.2, 0.25) is 0 Å². The molecule has 0 bridgehead atoms. The van der Waals surface area contributed by atoms with E-state index in [9.17, 15) is 0 Å². The van der Waals surface area contributed by atoms with Gasteiger partial charge < -0.3 is 4.74 Å². The molecule has 78 valence electrons. The number of rotatable bonds is 4. The highest BCUT2D eigenvalue weighted by molar-refractivity contribution is 4.91. The Labute approximate surface area is 82.3 Å². The van der Waals surface area contributed by atoms with Crippen molar-refractivity contribution in [2.45, 2.75) is 52.2 Å². The Bertz CT molecular complexity index is 158. The second-order valence-electron chi connectivity index (χ2n) is 4.54. The molecule has 0 N–H and O–H groups in total. The topological polar surface area (TPSA) is 12.5 Å². The Morgan fingerprint density at radius 3 is 2.69 bits per heavy atom. The van der Waals surface area contributed by atoms with Crippen LogP contribution in [0.4, 0.5) is 0 Å². The molecule has 0 spiro atoms. The zero-order valence-corrected chi connectivity index (χ0v) is 9.47. The summed E-state index contributed by atoms with van der Waals surface area (Å²) in [6, 6.07) is 0. The average Bonchev–Trinajstić information content (AvgIpc) is 2.44. The molecule has 1 saturated heterocycles.